The van der Waals surface area contributed by atoms with Gasteiger partial charge in [-0.3, -0.25) is 4.79 Å². The smallest absolute Gasteiger partial charge is 0.271 e. The SMILES string of the molecule is Cc1cc(/C=N\NC(=O)c2ccc(O)cc2)c(C)n1C1CCCCC1. The van der Waals surface area contributed by atoms with Crippen molar-refractivity contribution in [2.75, 3.05) is 0 Å². The van der Waals surface area contributed by atoms with Crippen molar-refractivity contribution in [1.29, 1.82) is 0 Å². The molecule has 5 nitrogen and oxygen atoms in total. The molecule has 1 aromatic carbocycles. The number of nitrogens with zero attached hydrogens (tertiary/aromatic N) is 2. The highest BCUT2D eigenvalue weighted by molar-refractivity contribution is 5.95. The quantitative estimate of drug-likeness (QED) is 0.651. The molecule has 0 spiro atoms. The summed E-state index contributed by atoms with van der Waals surface area (Å²) in [6.07, 6.45) is 8.13. The third-order valence-corrected chi connectivity index (χ3v) is 4.96. The topological polar surface area (TPSA) is 66.6 Å². The number of hydrogen-bond donors (Lipinski definition) is 2. The average Bonchev–Trinajstić information content (AvgIpc) is 2.90. The predicted molar refractivity (Wildman–Crippen MR) is 99.2 cm³/mol. The van der Waals surface area contributed by atoms with E-state index in [1.807, 2.05) is 0 Å². The Morgan fingerprint density at radius 2 is 1.88 bits per heavy atom. The lowest BCUT2D eigenvalue weighted by atomic mass is 9.95. The zero-order chi connectivity index (χ0) is 17.8. The van der Waals surface area contributed by atoms with E-state index in [1.54, 1.807) is 18.3 Å². The standard InChI is InChI=1S/C20H25N3O2/c1-14-12-17(15(2)23(14)18-6-4-3-5-7-18)13-21-22-20(25)16-8-10-19(24)11-9-16/h8-13,18,24H,3-7H2,1-2H3,(H,22,25)/b21-13-. The molecule has 1 amide bonds. The van der Waals surface area contributed by atoms with Gasteiger partial charge in [0.05, 0.1) is 6.21 Å². The lowest BCUT2D eigenvalue weighted by molar-refractivity contribution is 0.0955. The van der Waals surface area contributed by atoms with Crippen LogP contribution < -0.4 is 5.43 Å². The number of nitrogens with one attached hydrogen (secondary N) is 1. The summed E-state index contributed by atoms with van der Waals surface area (Å²) in [6, 6.07) is 8.81. The second-order valence-corrected chi connectivity index (χ2v) is 6.73. The lowest BCUT2D eigenvalue weighted by Gasteiger charge is -2.26. The molecule has 3 rings (SSSR count). The van der Waals surface area contributed by atoms with Crippen LogP contribution in [0.5, 0.6) is 5.75 Å². The Hall–Kier alpha value is -2.56. The van der Waals surface area contributed by atoms with Crippen LogP contribution in [0.1, 0.15) is 65.5 Å². The summed E-state index contributed by atoms with van der Waals surface area (Å²) in [6.45, 7) is 4.25. The van der Waals surface area contributed by atoms with Gasteiger partial charge in [0.15, 0.2) is 0 Å². The van der Waals surface area contributed by atoms with Gasteiger partial charge in [-0.05, 0) is 57.0 Å². The Morgan fingerprint density at radius 1 is 1.20 bits per heavy atom. The highest BCUT2D eigenvalue weighted by Gasteiger charge is 2.19. The molecule has 5 heteroatoms. The first-order chi connectivity index (χ1) is 12.1. The summed E-state index contributed by atoms with van der Waals surface area (Å²) >= 11 is 0. The summed E-state index contributed by atoms with van der Waals surface area (Å²) in [5.41, 5.74) is 6.49. The zero-order valence-electron chi connectivity index (χ0n) is 14.8. The Bertz CT molecular complexity index is 769. The molecular formula is C20H25N3O2. The van der Waals surface area contributed by atoms with E-state index in [1.165, 1.54) is 55.6 Å². The number of carbonyl (C=O) groups excluding carboxylic acids is 1. The molecule has 0 aliphatic heterocycles. The maximum Gasteiger partial charge on any atom is 0.271 e. The molecular weight excluding hydrogens is 314 g/mol. The number of hydrazone groups is 1. The van der Waals surface area contributed by atoms with E-state index in [0.29, 0.717) is 11.6 Å². The number of benzene rings is 1. The number of amides is 1. The Labute approximate surface area is 148 Å². The molecule has 0 atom stereocenters. The lowest BCUT2D eigenvalue weighted by Crippen LogP contribution is -2.17. The molecule has 1 aromatic heterocycles. The molecule has 1 saturated carbocycles. The van der Waals surface area contributed by atoms with Crippen molar-refractivity contribution >= 4 is 12.1 Å². The minimum absolute atomic E-state index is 0.134. The Kier molecular flexibility index (Phi) is 5.22. The van der Waals surface area contributed by atoms with Gasteiger partial charge in [-0.2, -0.15) is 5.10 Å². The third kappa shape index (κ3) is 3.92. The highest BCUT2D eigenvalue weighted by Crippen LogP contribution is 2.31. The first-order valence-corrected chi connectivity index (χ1v) is 8.87. The van der Waals surface area contributed by atoms with Crippen LogP contribution >= 0.6 is 0 Å². The van der Waals surface area contributed by atoms with Gasteiger partial charge in [0, 0.05) is 28.6 Å². The number of phenols is 1. The largest absolute Gasteiger partial charge is 0.508 e. The second kappa shape index (κ2) is 7.55. The summed E-state index contributed by atoms with van der Waals surface area (Å²) in [5.74, 6) is -0.160. The fourth-order valence-electron chi connectivity index (χ4n) is 3.67. The van der Waals surface area contributed by atoms with Crippen molar-refractivity contribution in [3.8, 4) is 5.75 Å². The van der Waals surface area contributed by atoms with Crippen LogP contribution in [0.2, 0.25) is 0 Å². The fraction of sp³-hybridized carbons (Fsp3) is 0.400. The van der Waals surface area contributed by atoms with E-state index in [4.69, 9.17) is 0 Å². The monoisotopic (exact) mass is 339 g/mol. The number of rotatable bonds is 4. The van der Waals surface area contributed by atoms with Crippen LogP contribution in [0.3, 0.4) is 0 Å². The maximum absolute atomic E-state index is 12.0. The Balaban J connectivity index is 1.69. The normalized spacial score (nSPS) is 15.6. The van der Waals surface area contributed by atoms with Gasteiger partial charge < -0.3 is 9.67 Å². The first-order valence-electron chi connectivity index (χ1n) is 8.87. The van der Waals surface area contributed by atoms with Crippen LogP contribution in [0, 0.1) is 13.8 Å². The predicted octanol–water partition coefficient (Wildman–Crippen LogP) is 4.08. The molecule has 1 fully saturated rings. The molecule has 2 aromatic rings. The zero-order valence-corrected chi connectivity index (χ0v) is 14.8. The molecule has 132 valence electrons. The highest BCUT2D eigenvalue weighted by atomic mass is 16.3. The van der Waals surface area contributed by atoms with Crippen LogP contribution in [-0.2, 0) is 0 Å². The van der Waals surface area contributed by atoms with Gasteiger partial charge in [-0.1, -0.05) is 19.3 Å². The molecule has 1 aliphatic carbocycles. The summed E-state index contributed by atoms with van der Waals surface area (Å²) in [5, 5.41) is 13.4. The minimum atomic E-state index is -0.294. The molecule has 0 bridgehead atoms. The maximum atomic E-state index is 12.0. The Morgan fingerprint density at radius 3 is 2.56 bits per heavy atom. The van der Waals surface area contributed by atoms with Gasteiger partial charge >= 0.3 is 0 Å². The third-order valence-electron chi connectivity index (χ3n) is 4.96. The number of carbonyl (C=O) groups is 1. The summed E-state index contributed by atoms with van der Waals surface area (Å²) in [4.78, 5) is 12.0. The van der Waals surface area contributed by atoms with Crippen molar-refractivity contribution in [2.24, 2.45) is 5.10 Å². The van der Waals surface area contributed by atoms with Crippen molar-refractivity contribution < 1.29 is 9.90 Å². The number of aromatic hydroxyl groups is 1. The van der Waals surface area contributed by atoms with Gasteiger partial charge in [-0.25, -0.2) is 5.43 Å². The van der Waals surface area contributed by atoms with Gasteiger partial charge in [0.1, 0.15) is 5.75 Å². The van der Waals surface area contributed by atoms with Crippen molar-refractivity contribution in [3.63, 3.8) is 0 Å². The molecule has 1 aliphatic rings. The number of phenolic OH excluding ortho intramolecular Hbond substituents is 1. The van der Waals surface area contributed by atoms with Crippen molar-refractivity contribution in [1.82, 2.24) is 9.99 Å². The van der Waals surface area contributed by atoms with E-state index < -0.39 is 0 Å². The average molecular weight is 339 g/mol. The second-order valence-electron chi connectivity index (χ2n) is 6.73. The van der Waals surface area contributed by atoms with Gasteiger partial charge in [0.25, 0.3) is 5.91 Å². The van der Waals surface area contributed by atoms with Crippen LogP contribution in [0.4, 0.5) is 0 Å². The van der Waals surface area contributed by atoms with E-state index in [9.17, 15) is 9.90 Å². The van der Waals surface area contributed by atoms with Gasteiger partial charge in [-0.15, -0.1) is 0 Å². The van der Waals surface area contributed by atoms with E-state index >= 15 is 0 Å². The molecule has 0 unspecified atom stereocenters. The summed E-state index contributed by atoms with van der Waals surface area (Å²) < 4.78 is 2.42. The molecule has 2 N–H and O–H groups in total. The fourth-order valence-corrected chi connectivity index (χ4v) is 3.67. The minimum Gasteiger partial charge on any atom is -0.508 e. The van der Waals surface area contributed by atoms with Gasteiger partial charge in [0.2, 0.25) is 0 Å². The molecule has 25 heavy (non-hydrogen) atoms. The molecule has 0 radical (unpaired) electrons. The molecule has 0 saturated heterocycles. The van der Waals surface area contributed by atoms with Crippen molar-refractivity contribution in [2.45, 2.75) is 52.0 Å². The first kappa shape index (κ1) is 17.3. The molecule has 1 heterocycles. The number of aryl methyl sites for hydroxylation is 1. The van der Waals surface area contributed by atoms with Crippen LogP contribution in [-0.4, -0.2) is 21.8 Å². The van der Waals surface area contributed by atoms with E-state index in [2.05, 4.69) is 35.0 Å². The van der Waals surface area contributed by atoms with E-state index in [0.717, 1.165) is 5.56 Å². The van der Waals surface area contributed by atoms with Crippen LogP contribution in [0.25, 0.3) is 0 Å². The van der Waals surface area contributed by atoms with Crippen LogP contribution in [0.15, 0.2) is 35.4 Å². The van der Waals surface area contributed by atoms with Crippen molar-refractivity contribution in [3.05, 3.63) is 52.8 Å². The number of aromatic nitrogens is 1. The summed E-state index contributed by atoms with van der Waals surface area (Å²) in [7, 11) is 0. The number of hydrogen-bond acceptors (Lipinski definition) is 3. The van der Waals surface area contributed by atoms with E-state index in [-0.39, 0.29) is 11.7 Å².